The predicted octanol–water partition coefficient (Wildman–Crippen LogP) is 4.70. The first-order valence-electron chi connectivity index (χ1n) is 10.2. The van der Waals surface area contributed by atoms with Gasteiger partial charge in [-0.2, -0.15) is 0 Å². The first-order valence-corrected chi connectivity index (χ1v) is 10.2. The number of aromatic nitrogens is 1. The number of nitrogens with zero attached hydrogens (tertiary/aromatic N) is 1. The number of methoxy groups -OCH3 is 1. The molecule has 0 saturated heterocycles. The van der Waals surface area contributed by atoms with Gasteiger partial charge in [-0.3, -0.25) is 0 Å². The van der Waals surface area contributed by atoms with Crippen LogP contribution in [-0.2, 0) is 11.3 Å². The summed E-state index contributed by atoms with van der Waals surface area (Å²) in [6, 6.07) is 14.2. The van der Waals surface area contributed by atoms with Crippen LogP contribution in [0.5, 0.6) is 11.5 Å². The van der Waals surface area contributed by atoms with Crippen molar-refractivity contribution in [1.29, 1.82) is 0 Å². The number of pyridine rings is 1. The number of fused-ring (bicyclic) bond motifs is 1. The van der Waals surface area contributed by atoms with Gasteiger partial charge in [0.15, 0.2) is 0 Å². The van der Waals surface area contributed by atoms with E-state index in [0.717, 1.165) is 39.2 Å². The maximum atomic E-state index is 9.74. The molecule has 0 radical (unpaired) electrons. The summed E-state index contributed by atoms with van der Waals surface area (Å²) in [5.41, 5.74) is 4.97. The molecule has 0 spiro atoms. The van der Waals surface area contributed by atoms with Gasteiger partial charge in [0.05, 0.1) is 31.0 Å². The van der Waals surface area contributed by atoms with Gasteiger partial charge in [-0.05, 0) is 73.7 Å². The van der Waals surface area contributed by atoms with Gasteiger partial charge in [0.25, 0.3) is 0 Å². The Labute approximate surface area is 171 Å². The molecule has 1 aliphatic rings. The molecule has 1 aromatic heterocycles. The van der Waals surface area contributed by atoms with Crippen molar-refractivity contribution >= 4 is 10.9 Å². The second kappa shape index (κ2) is 8.80. The summed E-state index contributed by atoms with van der Waals surface area (Å²) in [5, 5.41) is 10.9. The van der Waals surface area contributed by atoms with Crippen LogP contribution in [0.2, 0.25) is 0 Å². The molecule has 1 fully saturated rings. The molecular formula is C24H27NO4. The van der Waals surface area contributed by atoms with Gasteiger partial charge in [0.2, 0.25) is 0 Å². The Kier molecular flexibility index (Phi) is 5.97. The molecular weight excluding hydrogens is 366 g/mol. The van der Waals surface area contributed by atoms with Gasteiger partial charge >= 0.3 is 0 Å². The lowest BCUT2D eigenvalue weighted by Gasteiger charge is -2.13. The molecule has 3 aromatic rings. The normalized spacial score (nSPS) is 13.6. The van der Waals surface area contributed by atoms with Gasteiger partial charge in [-0.15, -0.1) is 0 Å². The molecule has 29 heavy (non-hydrogen) atoms. The highest BCUT2D eigenvalue weighted by Gasteiger charge is 2.26. The Morgan fingerprint density at radius 2 is 1.90 bits per heavy atom. The molecule has 5 heteroatoms. The van der Waals surface area contributed by atoms with E-state index < -0.39 is 0 Å². The maximum absolute atomic E-state index is 9.74. The molecule has 0 unspecified atom stereocenters. The minimum atomic E-state index is -0.0611. The molecule has 1 N–H and O–H groups in total. The van der Waals surface area contributed by atoms with Crippen LogP contribution in [0.3, 0.4) is 0 Å². The van der Waals surface area contributed by atoms with E-state index >= 15 is 0 Å². The highest BCUT2D eigenvalue weighted by atomic mass is 16.5. The molecule has 1 heterocycles. The van der Waals surface area contributed by atoms with Gasteiger partial charge < -0.3 is 19.3 Å². The van der Waals surface area contributed by atoms with E-state index in [1.807, 2.05) is 37.3 Å². The van der Waals surface area contributed by atoms with Crippen molar-refractivity contribution in [3.05, 3.63) is 53.6 Å². The Morgan fingerprint density at radius 1 is 1.03 bits per heavy atom. The second-order valence-electron chi connectivity index (χ2n) is 7.30. The van der Waals surface area contributed by atoms with Crippen LogP contribution >= 0.6 is 0 Å². The molecule has 1 saturated carbocycles. The summed E-state index contributed by atoms with van der Waals surface area (Å²) < 4.78 is 16.5. The quantitative estimate of drug-likeness (QED) is 0.534. The topological polar surface area (TPSA) is 60.8 Å². The summed E-state index contributed by atoms with van der Waals surface area (Å²) in [7, 11) is 1.67. The molecule has 5 nitrogen and oxygen atoms in total. The first-order chi connectivity index (χ1) is 14.2. The van der Waals surface area contributed by atoms with Crippen molar-refractivity contribution < 1.29 is 19.3 Å². The third-order valence-corrected chi connectivity index (χ3v) is 5.21. The van der Waals surface area contributed by atoms with E-state index in [0.29, 0.717) is 25.7 Å². The van der Waals surface area contributed by atoms with Crippen LogP contribution < -0.4 is 9.47 Å². The van der Waals surface area contributed by atoms with Crippen LogP contribution in [0.15, 0.2) is 42.5 Å². The van der Waals surface area contributed by atoms with Crippen molar-refractivity contribution in [2.45, 2.75) is 32.3 Å². The van der Waals surface area contributed by atoms with E-state index in [2.05, 4.69) is 12.1 Å². The number of hydrogen-bond donors (Lipinski definition) is 1. The molecule has 0 atom stereocenters. The van der Waals surface area contributed by atoms with E-state index in [4.69, 9.17) is 19.2 Å². The summed E-state index contributed by atoms with van der Waals surface area (Å²) >= 11 is 0. The zero-order chi connectivity index (χ0) is 20.2. The standard InChI is InChI=1S/C24H27NO4/c1-3-28-24-9-6-17(12-18(24)15-26)23-14-20(16-4-5-16)21-13-19(29-11-10-27-2)7-8-22(21)25-23/h6-9,12-14,16,26H,3-5,10-11,15H2,1-2H3. The van der Waals surface area contributed by atoms with Crippen molar-refractivity contribution in [2.75, 3.05) is 26.9 Å². The summed E-state index contributed by atoms with van der Waals surface area (Å²) in [6.45, 7) is 3.54. The monoisotopic (exact) mass is 393 g/mol. The van der Waals surface area contributed by atoms with E-state index in [-0.39, 0.29) is 6.61 Å². The highest BCUT2D eigenvalue weighted by Crippen LogP contribution is 2.44. The number of rotatable bonds is 9. The lowest BCUT2D eigenvalue weighted by Crippen LogP contribution is -2.04. The SMILES string of the molecule is CCOc1ccc(-c2cc(C3CC3)c3cc(OCCOC)ccc3n2)cc1CO. The molecule has 0 aliphatic heterocycles. The first kappa shape index (κ1) is 19.7. The van der Waals surface area contributed by atoms with Crippen LogP contribution in [0.1, 0.15) is 36.8 Å². The van der Waals surface area contributed by atoms with Gasteiger partial charge in [-0.1, -0.05) is 0 Å². The van der Waals surface area contributed by atoms with E-state index in [1.54, 1.807) is 7.11 Å². The lowest BCUT2D eigenvalue weighted by molar-refractivity contribution is 0.146. The molecule has 4 rings (SSSR count). The van der Waals surface area contributed by atoms with E-state index in [1.165, 1.54) is 18.4 Å². The second-order valence-corrected chi connectivity index (χ2v) is 7.30. The smallest absolute Gasteiger partial charge is 0.124 e. The Morgan fingerprint density at radius 3 is 2.62 bits per heavy atom. The van der Waals surface area contributed by atoms with Crippen molar-refractivity contribution in [1.82, 2.24) is 4.98 Å². The number of ether oxygens (including phenoxy) is 3. The van der Waals surface area contributed by atoms with Gasteiger partial charge in [0, 0.05) is 23.6 Å². The Bertz CT molecular complexity index is 998. The predicted molar refractivity (Wildman–Crippen MR) is 114 cm³/mol. The molecule has 0 bridgehead atoms. The molecule has 2 aromatic carbocycles. The van der Waals surface area contributed by atoms with Crippen molar-refractivity contribution in [3.8, 4) is 22.8 Å². The molecule has 1 aliphatic carbocycles. The summed E-state index contributed by atoms with van der Waals surface area (Å²) in [4.78, 5) is 4.90. The molecule has 152 valence electrons. The number of hydrogen-bond acceptors (Lipinski definition) is 5. The van der Waals surface area contributed by atoms with Gasteiger partial charge in [0.1, 0.15) is 18.1 Å². The number of benzene rings is 2. The van der Waals surface area contributed by atoms with Gasteiger partial charge in [-0.25, -0.2) is 4.98 Å². The van der Waals surface area contributed by atoms with Crippen LogP contribution in [-0.4, -0.2) is 37.0 Å². The average Bonchev–Trinajstić information content (AvgIpc) is 3.59. The van der Waals surface area contributed by atoms with Crippen LogP contribution in [0.4, 0.5) is 0 Å². The zero-order valence-corrected chi connectivity index (χ0v) is 17.0. The third kappa shape index (κ3) is 4.36. The van der Waals surface area contributed by atoms with E-state index in [9.17, 15) is 5.11 Å². The lowest BCUT2D eigenvalue weighted by atomic mass is 9.99. The van der Waals surface area contributed by atoms with Crippen LogP contribution in [0, 0.1) is 0 Å². The minimum absolute atomic E-state index is 0.0611. The Balaban J connectivity index is 1.73. The van der Waals surface area contributed by atoms with Crippen LogP contribution in [0.25, 0.3) is 22.2 Å². The largest absolute Gasteiger partial charge is 0.494 e. The summed E-state index contributed by atoms with van der Waals surface area (Å²) in [6.07, 6.45) is 2.41. The Hall–Kier alpha value is -2.63. The fourth-order valence-corrected chi connectivity index (χ4v) is 3.60. The van der Waals surface area contributed by atoms with Crippen molar-refractivity contribution in [3.63, 3.8) is 0 Å². The third-order valence-electron chi connectivity index (χ3n) is 5.21. The maximum Gasteiger partial charge on any atom is 0.124 e. The number of aliphatic hydroxyl groups excluding tert-OH is 1. The zero-order valence-electron chi connectivity index (χ0n) is 17.0. The van der Waals surface area contributed by atoms with Crippen molar-refractivity contribution in [2.24, 2.45) is 0 Å². The minimum Gasteiger partial charge on any atom is -0.494 e. The fraction of sp³-hybridized carbons (Fsp3) is 0.375. The average molecular weight is 393 g/mol. The summed E-state index contributed by atoms with van der Waals surface area (Å²) in [5.74, 6) is 2.14. The number of aliphatic hydroxyl groups is 1. The molecule has 0 amide bonds. The highest BCUT2D eigenvalue weighted by molar-refractivity contribution is 5.87. The fourth-order valence-electron chi connectivity index (χ4n) is 3.60.